The van der Waals surface area contributed by atoms with Crippen LogP contribution in [0.5, 0.6) is 0 Å². The minimum atomic E-state index is 0.606. The van der Waals surface area contributed by atoms with Crippen molar-refractivity contribution < 1.29 is 18.0 Å². The van der Waals surface area contributed by atoms with E-state index >= 15 is 0 Å². The van der Waals surface area contributed by atoms with Gasteiger partial charge in [-0.05, 0) is 64.7 Å². The number of hydrogen-bond acceptors (Lipinski definition) is 17. The van der Waals surface area contributed by atoms with Crippen LogP contribution in [0.4, 0.5) is 0 Å². The Morgan fingerprint density at radius 2 is 1.45 bits per heavy atom. The van der Waals surface area contributed by atoms with Crippen molar-refractivity contribution in [3.63, 3.8) is 0 Å². The standard InChI is InChI=1S/C5H6O.2C3H5N3.3C3H4N2O.C3H4N2S/c1-5-2-3-6-4-5;3*1-3-4-2-5-6-3;1-3-2-6-5-4-3;1-3-2-4-5-6-3;1-3-4-2-5-6-3/h2-4H,1H3;2*2H,1H3,(H,4,5,6);4*2H,1H3. The molecule has 0 aromatic carbocycles. The molecule has 0 unspecified atom stereocenters. The maximum Gasteiger partial charge on any atom is 0.223 e. The van der Waals surface area contributed by atoms with E-state index < -0.39 is 0 Å². The molecule has 0 saturated carbocycles. The minimum Gasteiger partial charge on any atom is -0.472 e. The fraction of sp³-hybridized carbons (Fsp3) is 0.304. The number of nitrogens with one attached hydrogen (secondary N) is 2. The molecule has 0 aliphatic heterocycles. The van der Waals surface area contributed by atoms with Crippen LogP contribution in [-0.4, -0.2) is 70.6 Å². The van der Waals surface area contributed by atoms with E-state index in [9.17, 15) is 0 Å². The van der Waals surface area contributed by atoms with Gasteiger partial charge in [-0.2, -0.15) is 19.6 Å². The first-order valence-corrected chi connectivity index (χ1v) is 12.6. The first-order valence-electron chi connectivity index (χ1n) is 11.8. The predicted octanol–water partition coefficient (Wildman–Crippen LogP) is 3.79. The predicted molar refractivity (Wildman–Crippen MR) is 147 cm³/mol. The SMILES string of the molecule is Cc1ccoc1.Cc1cnno1.Cc1conn1.Cc1ncn[nH]1.Cc1ncn[nH]1.Cc1ncno1.Cc1ncns1. The van der Waals surface area contributed by atoms with E-state index in [1.54, 1.807) is 38.9 Å². The zero-order chi connectivity index (χ0) is 30.8. The van der Waals surface area contributed by atoms with Crippen molar-refractivity contribution in [2.24, 2.45) is 0 Å². The quantitative estimate of drug-likeness (QED) is 0.251. The number of aromatic amines is 2. The molecule has 7 aromatic rings. The van der Waals surface area contributed by atoms with Gasteiger partial charge in [-0.25, -0.2) is 15.0 Å². The number of nitrogens with zero attached hydrogens (tertiary/aromatic N) is 12. The monoisotopic (exact) mass is 600 g/mol. The Balaban J connectivity index is 0.000000245. The highest BCUT2D eigenvalue weighted by Crippen LogP contribution is 1.93. The molecule has 7 rings (SSSR count). The van der Waals surface area contributed by atoms with Crippen molar-refractivity contribution in [1.82, 2.24) is 70.6 Å². The number of rotatable bonds is 0. The van der Waals surface area contributed by atoms with Crippen molar-refractivity contribution in [1.29, 1.82) is 0 Å². The average Bonchev–Trinajstić information content (AvgIpc) is 3.79. The summed E-state index contributed by atoms with van der Waals surface area (Å²) < 4.78 is 21.8. The smallest absolute Gasteiger partial charge is 0.223 e. The van der Waals surface area contributed by atoms with E-state index in [-0.39, 0.29) is 0 Å². The fourth-order valence-electron chi connectivity index (χ4n) is 1.75. The summed E-state index contributed by atoms with van der Waals surface area (Å²) >= 11 is 1.42. The second kappa shape index (κ2) is 22.4. The second-order valence-electron chi connectivity index (χ2n) is 7.44. The maximum absolute atomic E-state index is 4.71. The van der Waals surface area contributed by atoms with Gasteiger partial charge >= 0.3 is 0 Å². The molecule has 19 heteroatoms. The Labute approximate surface area is 244 Å². The van der Waals surface area contributed by atoms with Gasteiger partial charge in [-0.3, -0.25) is 10.2 Å². The lowest BCUT2D eigenvalue weighted by molar-refractivity contribution is 0.374. The Kier molecular flexibility index (Phi) is 18.4. The van der Waals surface area contributed by atoms with Crippen molar-refractivity contribution in [2.75, 3.05) is 0 Å². The maximum atomic E-state index is 4.71. The van der Waals surface area contributed by atoms with E-state index in [0.717, 1.165) is 28.1 Å². The van der Waals surface area contributed by atoms with Gasteiger partial charge in [0.15, 0.2) is 12.1 Å². The van der Waals surface area contributed by atoms with Gasteiger partial charge in [0, 0.05) is 17.5 Å². The van der Waals surface area contributed by atoms with Gasteiger partial charge in [0.2, 0.25) is 5.89 Å². The highest BCUT2D eigenvalue weighted by molar-refractivity contribution is 7.05. The summed E-state index contributed by atoms with van der Waals surface area (Å²) in [6.45, 7) is 13.0. The molecule has 0 spiro atoms. The first-order chi connectivity index (χ1) is 20.3. The number of aryl methyl sites for hydroxylation is 7. The molecule has 0 saturated heterocycles. The van der Waals surface area contributed by atoms with Crippen LogP contribution in [0.2, 0.25) is 0 Å². The van der Waals surface area contributed by atoms with Crippen LogP contribution in [0.25, 0.3) is 0 Å². The average molecular weight is 601 g/mol. The topological polar surface area (TPSA) is 239 Å². The van der Waals surface area contributed by atoms with Crippen molar-refractivity contribution >= 4 is 11.5 Å². The third kappa shape index (κ3) is 20.5. The number of H-pyrrole nitrogens is 2. The highest BCUT2D eigenvalue weighted by Gasteiger charge is 1.81. The lowest BCUT2D eigenvalue weighted by Crippen LogP contribution is -1.68. The molecule has 0 atom stereocenters. The van der Waals surface area contributed by atoms with Gasteiger partial charge in [-0.1, -0.05) is 5.16 Å². The lowest BCUT2D eigenvalue weighted by Gasteiger charge is -1.66. The highest BCUT2D eigenvalue weighted by atomic mass is 32.1. The van der Waals surface area contributed by atoms with Crippen molar-refractivity contribution in [2.45, 2.75) is 48.5 Å². The molecule has 18 nitrogen and oxygen atoms in total. The molecule has 0 amide bonds. The Bertz CT molecular complexity index is 1100. The molecule has 7 heterocycles. The summed E-state index contributed by atoms with van der Waals surface area (Å²) in [4.78, 5) is 15.0. The van der Waals surface area contributed by atoms with Crippen molar-refractivity contribution in [3.05, 3.63) is 95.9 Å². The van der Waals surface area contributed by atoms with Crippen LogP contribution >= 0.6 is 11.5 Å². The zero-order valence-electron chi connectivity index (χ0n) is 24.1. The molecule has 2 N–H and O–H groups in total. The van der Waals surface area contributed by atoms with E-state index in [4.69, 9.17) is 4.42 Å². The number of furan rings is 1. The van der Waals surface area contributed by atoms with E-state index in [1.807, 2.05) is 40.7 Å². The Morgan fingerprint density at radius 3 is 1.60 bits per heavy atom. The lowest BCUT2D eigenvalue weighted by atomic mass is 10.4. The molecule has 42 heavy (non-hydrogen) atoms. The fourth-order valence-corrected chi connectivity index (χ4v) is 2.09. The summed E-state index contributed by atoms with van der Waals surface area (Å²) in [7, 11) is 0. The molecule has 224 valence electrons. The number of aromatic nitrogens is 14. The molecule has 0 bridgehead atoms. The molecule has 0 radical (unpaired) electrons. The van der Waals surface area contributed by atoms with Crippen molar-refractivity contribution in [3.8, 4) is 0 Å². The third-order valence-corrected chi connectivity index (χ3v) is 4.19. The minimum absolute atomic E-state index is 0.606. The largest absolute Gasteiger partial charge is 0.472 e. The molecular formula is C23H32N14O4S. The van der Waals surface area contributed by atoms with E-state index in [0.29, 0.717) is 5.89 Å². The van der Waals surface area contributed by atoms with Crippen LogP contribution in [0.1, 0.15) is 39.6 Å². The Morgan fingerprint density at radius 1 is 0.738 bits per heavy atom. The molecule has 7 aromatic heterocycles. The summed E-state index contributed by atoms with van der Waals surface area (Å²) in [5.74, 6) is 3.06. The van der Waals surface area contributed by atoms with E-state index in [2.05, 4.69) is 84.2 Å². The van der Waals surface area contributed by atoms with Gasteiger partial charge in [0.1, 0.15) is 47.6 Å². The van der Waals surface area contributed by atoms with Gasteiger partial charge < -0.3 is 18.0 Å². The summed E-state index contributed by atoms with van der Waals surface area (Å²) in [5.41, 5.74) is 1.99. The van der Waals surface area contributed by atoms with Crippen LogP contribution in [0.3, 0.4) is 0 Å². The molecule has 0 aliphatic rings. The van der Waals surface area contributed by atoms with Gasteiger partial charge in [-0.15, -0.1) is 10.2 Å². The van der Waals surface area contributed by atoms with E-state index in [1.165, 1.54) is 42.3 Å². The van der Waals surface area contributed by atoms with Crippen LogP contribution < -0.4 is 0 Å². The molecular weight excluding hydrogens is 568 g/mol. The summed E-state index contributed by atoms with van der Waals surface area (Å²) in [5, 5.41) is 30.1. The second-order valence-corrected chi connectivity index (χ2v) is 8.42. The molecule has 0 fully saturated rings. The van der Waals surface area contributed by atoms with Crippen LogP contribution in [0.15, 0.2) is 74.3 Å². The third-order valence-electron chi connectivity index (χ3n) is 3.62. The molecule has 0 aliphatic carbocycles. The van der Waals surface area contributed by atoms with Crippen LogP contribution in [0, 0.1) is 48.5 Å². The zero-order valence-corrected chi connectivity index (χ0v) is 24.9. The normalized spacial score (nSPS) is 8.83. The summed E-state index contributed by atoms with van der Waals surface area (Å²) in [6.07, 6.45) is 12.3. The van der Waals surface area contributed by atoms with Gasteiger partial charge in [0.25, 0.3) is 0 Å². The van der Waals surface area contributed by atoms with Crippen LogP contribution in [-0.2, 0) is 0 Å². The van der Waals surface area contributed by atoms with Gasteiger partial charge in [0.05, 0.1) is 18.7 Å². The first kappa shape index (κ1) is 34.6. The summed E-state index contributed by atoms with van der Waals surface area (Å²) in [6, 6.07) is 1.92. The Hall–Kier alpha value is -5.46. The number of hydrogen-bond donors (Lipinski definition) is 2.